The molecule has 0 amide bonds. The molecule has 0 N–H and O–H groups in total. The van der Waals surface area contributed by atoms with E-state index in [1.807, 2.05) is 0 Å². The summed E-state index contributed by atoms with van der Waals surface area (Å²) in [7, 11) is 1.39. The van der Waals surface area contributed by atoms with E-state index in [0.29, 0.717) is 6.92 Å². The molecule has 1 atom stereocenters. The van der Waals surface area contributed by atoms with Crippen LogP contribution in [0.2, 0.25) is 0 Å². The summed E-state index contributed by atoms with van der Waals surface area (Å²) >= 11 is 0. The molecule has 1 unspecified atom stereocenters. The first-order valence-corrected chi connectivity index (χ1v) is 9.31. The van der Waals surface area contributed by atoms with Gasteiger partial charge in [0.1, 0.15) is 4.90 Å². The van der Waals surface area contributed by atoms with Gasteiger partial charge in [0.05, 0.1) is 11.5 Å². The second-order valence-electron chi connectivity index (χ2n) is 5.00. The molecule has 0 radical (unpaired) electrons. The van der Waals surface area contributed by atoms with Crippen molar-refractivity contribution in [2.45, 2.75) is 23.6 Å². The average Bonchev–Trinajstić information content (AvgIpc) is 2.62. The van der Waals surface area contributed by atoms with Crippen LogP contribution in [0, 0.1) is 59.3 Å². The van der Waals surface area contributed by atoms with E-state index in [0.717, 1.165) is 6.92 Å². The molecule has 27 heavy (non-hydrogen) atoms. The highest BCUT2D eigenvalue weighted by molar-refractivity contribution is 8.47. The molecule has 0 aromatic heterocycles. The van der Waals surface area contributed by atoms with E-state index in [4.69, 9.17) is 14.9 Å². The zero-order valence-corrected chi connectivity index (χ0v) is 14.9. The highest BCUT2D eigenvalue weighted by atomic mass is 35.7. The average molecular weight is 443 g/mol. The van der Waals surface area contributed by atoms with E-state index in [9.17, 15) is 39.5 Å². The van der Waals surface area contributed by atoms with Gasteiger partial charge in [0, 0.05) is 15.1 Å². The first-order valence-electron chi connectivity index (χ1n) is 6.93. The standard InChI is InChI=1S/C15H8ClF9OS/c1-3-26-27(16,14-4(2)5(17)6(18)8(20)11(14)23)15-12(24)9(21)7(19)10(22)13(15)25/h3H2,1-2H3. The van der Waals surface area contributed by atoms with Gasteiger partial charge >= 0.3 is 0 Å². The van der Waals surface area contributed by atoms with Crippen LogP contribution in [-0.4, -0.2) is 6.61 Å². The van der Waals surface area contributed by atoms with Crippen LogP contribution in [0.25, 0.3) is 0 Å². The Hall–Kier alpha value is -1.59. The summed E-state index contributed by atoms with van der Waals surface area (Å²) in [6.07, 6.45) is 0. The maximum absolute atomic E-state index is 14.3. The summed E-state index contributed by atoms with van der Waals surface area (Å²) in [6.45, 7) is 1.24. The molecule has 0 bridgehead atoms. The van der Waals surface area contributed by atoms with Gasteiger partial charge in [-0.1, -0.05) is 0 Å². The Bertz CT molecular complexity index is 807. The third-order valence-corrected chi connectivity index (χ3v) is 7.07. The largest absolute Gasteiger partial charge is 0.314 e. The Morgan fingerprint density at radius 3 is 1.37 bits per heavy atom. The lowest BCUT2D eigenvalue weighted by molar-refractivity contribution is 0.344. The Kier molecular flexibility index (Phi) is 5.98. The fraction of sp³-hybridized carbons (Fsp3) is 0.200. The van der Waals surface area contributed by atoms with Crippen molar-refractivity contribution < 1.29 is 43.7 Å². The van der Waals surface area contributed by atoms with Crippen molar-refractivity contribution in [3.8, 4) is 0 Å². The fourth-order valence-corrected chi connectivity index (χ4v) is 5.66. The number of benzene rings is 2. The molecule has 2 rings (SSSR count). The molecule has 0 aliphatic carbocycles. The van der Waals surface area contributed by atoms with Crippen molar-refractivity contribution in [2.75, 3.05) is 6.61 Å². The van der Waals surface area contributed by atoms with Crippen molar-refractivity contribution in [2.24, 2.45) is 0 Å². The van der Waals surface area contributed by atoms with E-state index < -0.39 is 83.8 Å². The predicted molar refractivity (Wildman–Crippen MR) is 78.8 cm³/mol. The van der Waals surface area contributed by atoms with E-state index in [-0.39, 0.29) is 0 Å². The normalized spacial score (nSPS) is 15.0. The maximum Gasteiger partial charge on any atom is 0.200 e. The van der Waals surface area contributed by atoms with Crippen LogP contribution in [0.1, 0.15) is 12.5 Å². The molecule has 2 aromatic rings. The summed E-state index contributed by atoms with van der Waals surface area (Å²) in [5, 5.41) is 0. The van der Waals surface area contributed by atoms with Gasteiger partial charge in [-0.3, -0.25) is 0 Å². The summed E-state index contributed by atoms with van der Waals surface area (Å²) in [4.78, 5) is -3.22. The second kappa shape index (κ2) is 7.44. The highest BCUT2D eigenvalue weighted by Gasteiger charge is 2.43. The van der Waals surface area contributed by atoms with Crippen LogP contribution >= 0.6 is 20.2 Å². The SMILES string of the molecule is CCOS(Cl)(c1c(C)c(F)c(F)c(F)c1F)c1c(F)c(F)c(F)c(F)c1F. The van der Waals surface area contributed by atoms with Crippen molar-refractivity contribution in [3.63, 3.8) is 0 Å². The third-order valence-electron chi connectivity index (χ3n) is 3.42. The fourth-order valence-electron chi connectivity index (χ4n) is 2.23. The summed E-state index contributed by atoms with van der Waals surface area (Å²) < 4.78 is 129. The highest BCUT2D eigenvalue weighted by Crippen LogP contribution is 2.70. The molecule has 0 aliphatic heterocycles. The maximum atomic E-state index is 14.3. The molecule has 2 aromatic carbocycles. The lowest BCUT2D eigenvalue weighted by atomic mass is 10.2. The zero-order valence-electron chi connectivity index (χ0n) is 13.3. The number of hydrogen-bond donors (Lipinski definition) is 0. The van der Waals surface area contributed by atoms with E-state index in [1.165, 1.54) is 0 Å². The van der Waals surface area contributed by atoms with Crippen molar-refractivity contribution in [1.82, 2.24) is 0 Å². The number of hydrogen-bond acceptors (Lipinski definition) is 1. The molecule has 0 aliphatic rings. The molecule has 12 heteroatoms. The van der Waals surface area contributed by atoms with Crippen molar-refractivity contribution >= 4 is 20.2 Å². The minimum Gasteiger partial charge on any atom is -0.314 e. The van der Waals surface area contributed by atoms with E-state index in [2.05, 4.69) is 0 Å². The third kappa shape index (κ3) is 3.15. The van der Waals surface area contributed by atoms with Crippen LogP contribution < -0.4 is 0 Å². The first-order chi connectivity index (χ1) is 12.4. The second-order valence-corrected chi connectivity index (χ2v) is 8.33. The lowest BCUT2D eigenvalue weighted by Gasteiger charge is -2.34. The minimum atomic E-state index is -4.54. The molecule has 0 spiro atoms. The Balaban J connectivity index is 3.04. The van der Waals surface area contributed by atoms with Gasteiger partial charge in [0.15, 0.2) is 46.5 Å². The molecular formula is C15H8ClF9OS. The molecule has 0 saturated heterocycles. The molecule has 0 saturated carbocycles. The van der Waals surface area contributed by atoms with Gasteiger partial charge in [-0.2, -0.15) is 0 Å². The van der Waals surface area contributed by atoms with E-state index in [1.54, 1.807) is 0 Å². The van der Waals surface area contributed by atoms with Gasteiger partial charge in [-0.15, -0.1) is 0 Å². The molecule has 0 heterocycles. The first kappa shape index (κ1) is 21.7. The minimum absolute atomic E-state index is 0.585. The quantitative estimate of drug-likeness (QED) is 0.295. The monoisotopic (exact) mass is 442 g/mol. The Morgan fingerprint density at radius 1 is 0.630 bits per heavy atom. The lowest BCUT2D eigenvalue weighted by Crippen LogP contribution is -2.15. The van der Waals surface area contributed by atoms with Crippen molar-refractivity contribution in [3.05, 3.63) is 57.9 Å². The molecule has 1 nitrogen and oxygen atoms in total. The number of rotatable bonds is 4. The van der Waals surface area contributed by atoms with Crippen LogP contribution in [0.3, 0.4) is 0 Å². The van der Waals surface area contributed by atoms with Gasteiger partial charge in [0.2, 0.25) is 5.82 Å². The van der Waals surface area contributed by atoms with Gasteiger partial charge in [-0.25, -0.2) is 39.5 Å². The molecule has 150 valence electrons. The summed E-state index contributed by atoms with van der Waals surface area (Å²) in [6, 6.07) is 0. The molecular weight excluding hydrogens is 435 g/mol. The van der Waals surface area contributed by atoms with Crippen LogP contribution in [0.5, 0.6) is 0 Å². The van der Waals surface area contributed by atoms with E-state index >= 15 is 0 Å². The van der Waals surface area contributed by atoms with Gasteiger partial charge < -0.3 is 4.18 Å². The predicted octanol–water partition coefficient (Wildman–Crippen LogP) is 6.57. The smallest absolute Gasteiger partial charge is 0.200 e. The van der Waals surface area contributed by atoms with Gasteiger partial charge in [-0.05, 0) is 24.5 Å². The zero-order chi connectivity index (χ0) is 20.8. The van der Waals surface area contributed by atoms with Crippen molar-refractivity contribution in [1.29, 1.82) is 0 Å². The molecule has 0 fully saturated rings. The topological polar surface area (TPSA) is 9.23 Å². The van der Waals surface area contributed by atoms with Crippen LogP contribution in [-0.2, 0) is 4.18 Å². The number of halogens is 10. The Morgan fingerprint density at radius 2 is 0.963 bits per heavy atom. The van der Waals surface area contributed by atoms with Gasteiger partial charge in [0.25, 0.3) is 0 Å². The summed E-state index contributed by atoms with van der Waals surface area (Å²) in [5.41, 5.74) is -1.06. The Labute approximate surface area is 152 Å². The summed E-state index contributed by atoms with van der Waals surface area (Å²) in [5.74, 6) is -21.1. The van der Waals surface area contributed by atoms with Crippen LogP contribution in [0.4, 0.5) is 39.5 Å². The van der Waals surface area contributed by atoms with Crippen LogP contribution in [0.15, 0.2) is 9.79 Å².